The van der Waals surface area contributed by atoms with Gasteiger partial charge in [-0.05, 0) is 82.0 Å². The molecule has 0 aromatic heterocycles. The summed E-state index contributed by atoms with van der Waals surface area (Å²) in [5.74, 6) is 0.553. The van der Waals surface area contributed by atoms with Crippen molar-refractivity contribution >= 4 is 44.0 Å². The third-order valence-electron chi connectivity index (χ3n) is 3.72. The van der Waals surface area contributed by atoms with Gasteiger partial charge in [0.1, 0.15) is 5.75 Å². The van der Waals surface area contributed by atoms with Gasteiger partial charge in [-0.2, -0.15) is 5.10 Å². The summed E-state index contributed by atoms with van der Waals surface area (Å²) in [5.41, 5.74) is 5.29. The van der Waals surface area contributed by atoms with Gasteiger partial charge in [0.15, 0.2) is 18.1 Å². The van der Waals surface area contributed by atoms with E-state index in [0.717, 1.165) is 11.1 Å². The molecule has 0 saturated heterocycles. The maximum atomic E-state index is 11.9. The number of aryl methyl sites for hydroxylation is 2. The van der Waals surface area contributed by atoms with E-state index in [0.29, 0.717) is 32.6 Å². The van der Waals surface area contributed by atoms with Crippen LogP contribution in [0.3, 0.4) is 0 Å². The van der Waals surface area contributed by atoms with Crippen molar-refractivity contribution in [2.24, 2.45) is 5.10 Å². The number of nitrogens with zero attached hydrogens (tertiary/aromatic N) is 1. The normalized spacial score (nSPS) is 10.9. The van der Waals surface area contributed by atoms with E-state index in [1.165, 1.54) is 6.21 Å². The Bertz CT molecular complexity index is 869. The Hall–Kier alpha value is -2.06. The highest BCUT2D eigenvalue weighted by Crippen LogP contribution is 2.41. The van der Waals surface area contributed by atoms with Gasteiger partial charge in [0, 0.05) is 10.0 Å². The van der Waals surface area contributed by atoms with E-state index in [2.05, 4.69) is 42.4 Å². The van der Waals surface area contributed by atoms with Crippen LogP contribution in [-0.4, -0.2) is 30.4 Å². The fourth-order valence-electron chi connectivity index (χ4n) is 2.13. The lowest BCUT2D eigenvalue weighted by molar-refractivity contribution is -0.123. The molecule has 2 rings (SSSR count). The van der Waals surface area contributed by atoms with Gasteiger partial charge in [-0.15, -0.1) is 0 Å². The molecule has 0 unspecified atom stereocenters. The predicted octanol–water partition coefficient (Wildman–Crippen LogP) is 4.46. The molecule has 1 amide bonds. The second-order valence-corrected chi connectivity index (χ2v) is 7.29. The summed E-state index contributed by atoms with van der Waals surface area (Å²) < 4.78 is 11.9. The first-order valence-corrected chi connectivity index (χ1v) is 9.77. The molecule has 27 heavy (non-hydrogen) atoms. The molecule has 0 aliphatic rings. The molecule has 0 saturated carbocycles. The van der Waals surface area contributed by atoms with Gasteiger partial charge in [-0.25, -0.2) is 5.43 Å². The summed E-state index contributed by atoms with van der Waals surface area (Å²) in [6, 6.07) is 7.26. The zero-order chi connectivity index (χ0) is 20.0. The monoisotopic (exact) mass is 498 g/mol. The summed E-state index contributed by atoms with van der Waals surface area (Å²) in [6.45, 7) is 6.07. The zero-order valence-electron chi connectivity index (χ0n) is 15.2. The first-order valence-electron chi connectivity index (χ1n) is 8.19. The molecule has 8 heteroatoms. The van der Waals surface area contributed by atoms with Crippen LogP contribution in [0.15, 0.2) is 38.3 Å². The number of ether oxygens (including phenoxy) is 2. The van der Waals surface area contributed by atoms with Crippen molar-refractivity contribution < 1.29 is 19.4 Å². The number of carbonyl (C=O) groups excluding carboxylic acids is 1. The molecule has 0 atom stereocenters. The van der Waals surface area contributed by atoms with Gasteiger partial charge in [-0.3, -0.25) is 4.79 Å². The van der Waals surface area contributed by atoms with Crippen LogP contribution < -0.4 is 14.9 Å². The number of phenolic OH excluding ortho intramolecular Hbond substituents is 1. The number of nitrogens with one attached hydrogen (secondary N) is 1. The number of benzene rings is 2. The average molecular weight is 500 g/mol. The molecule has 2 aromatic rings. The minimum atomic E-state index is -0.386. The molecule has 2 N–H and O–H groups in total. The molecule has 144 valence electrons. The van der Waals surface area contributed by atoms with Crippen molar-refractivity contribution in [2.75, 3.05) is 13.2 Å². The first-order chi connectivity index (χ1) is 12.8. The van der Waals surface area contributed by atoms with E-state index in [9.17, 15) is 9.90 Å². The van der Waals surface area contributed by atoms with Crippen molar-refractivity contribution in [3.05, 3.63) is 49.9 Å². The highest BCUT2D eigenvalue weighted by atomic mass is 79.9. The van der Waals surface area contributed by atoms with E-state index in [1.807, 2.05) is 39.0 Å². The molecular formula is C19H20Br2N2O4. The fraction of sp³-hybridized carbons (Fsp3) is 0.263. The van der Waals surface area contributed by atoms with Crippen LogP contribution in [0.25, 0.3) is 0 Å². The second-order valence-electron chi connectivity index (χ2n) is 5.70. The van der Waals surface area contributed by atoms with Gasteiger partial charge in [-0.1, -0.05) is 6.07 Å². The van der Waals surface area contributed by atoms with Crippen molar-refractivity contribution in [1.29, 1.82) is 0 Å². The van der Waals surface area contributed by atoms with E-state index in [4.69, 9.17) is 9.47 Å². The average Bonchev–Trinajstić information content (AvgIpc) is 2.64. The Labute approximate surface area is 174 Å². The summed E-state index contributed by atoms with van der Waals surface area (Å²) in [4.78, 5) is 11.9. The summed E-state index contributed by atoms with van der Waals surface area (Å²) in [7, 11) is 0. The minimum Gasteiger partial charge on any atom is -0.503 e. The maximum Gasteiger partial charge on any atom is 0.277 e. The number of amides is 1. The molecule has 0 radical (unpaired) electrons. The van der Waals surface area contributed by atoms with Crippen LogP contribution in [0, 0.1) is 13.8 Å². The van der Waals surface area contributed by atoms with Gasteiger partial charge in [0.25, 0.3) is 5.91 Å². The zero-order valence-corrected chi connectivity index (χ0v) is 18.3. The molecule has 0 bridgehead atoms. The van der Waals surface area contributed by atoms with Crippen LogP contribution in [-0.2, 0) is 4.79 Å². The Morgan fingerprint density at radius 1 is 1.19 bits per heavy atom. The quantitative estimate of drug-likeness (QED) is 0.435. The number of carbonyl (C=O) groups is 1. The summed E-state index contributed by atoms with van der Waals surface area (Å²) >= 11 is 6.65. The van der Waals surface area contributed by atoms with Gasteiger partial charge in [0.05, 0.1) is 17.3 Å². The Balaban J connectivity index is 1.98. The lowest BCUT2D eigenvalue weighted by Crippen LogP contribution is -2.24. The van der Waals surface area contributed by atoms with Gasteiger partial charge < -0.3 is 14.6 Å². The molecule has 0 aliphatic heterocycles. The number of hydrogen-bond acceptors (Lipinski definition) is 5. The van der Waals surface area contributed by atoms with Crippen molar-refractivity contribution in [3.8, 4) is 17.2 Å². The van der Waals surface area contributed by atoms with Crippen LogP contribution in [0.2, 0.25) is 0 Å². The van der Waals surface area contributed by atoms with E-state index >= 15 is 0 Å². The van der Waals surface area contributed by atoms with Crippen LogP contribution >= 0.6 is 31.9 Å². The third kappa shape index (κ3) is 5.71. The number of halogens is 2. The third-order valence-corrected chi connectivity index (χ3v) is 5.87. The lowest BCUT2D eigenvalue weighted by Gasteiger charge is -2.11. The van der Waals surface area contributed by atoms with Crippen LogP contribution in [0.5, 0.6) is 17.2 Å². The molecule has 0 spiro atoms. The number of rotatable bonds is 7. The number of hydrazone groups is 1. The topological polar surface area (TPSA) is 80.2 Å². The molecule has 0 fully saturated rings. The van der Waals surface area contributed by atoms with Crippen molar-refractivity contribution in [3.63, 3.8) is 0 Å². The van der Waals surface area contributed by atoms with E-state index in [1.54, 1.807) is 6.07 Å². The molecule has 0 aliphatic carbocycles. The number of phenols is 1. The smallest absolute Gasteiger partial charge is 0.277 e. The van der Waals surface area contributed by atoms with Crippen molar-refractivity contribution in [1.82, 2.24) is 5.43 Å². The Kier molecular flexibility index (Phi) is 7.67. The Morgan fingerprint density at radius 3 is 2.59 bits per heavy atom. The standard InChI is InChI=1S/C19H20Br2N2O4/c1-4-26-15-8-13(17(20)18(21)19(15)25)9-22-23-16(24)10-27-14-6-5-11(2)12(3)7-14/h5-9,25H,4,10H2,1-3H3,(H,23,24). The summed E-state index contributed by atoms with van der Waals surface area (Å²) in [5, 5.41) is 14.0. The first kappa shape index (κ1) is 21.2. The Morgan fingerprint density at radius 2 is 1.93 bits per heavy atom. The fourth-order valence-corrected chi connectivity index (χ4v) is 2.96. The second kappa shape index (κ2) is 9.75. The largest absolute Gasteiger partial charge is 0.503 e. The SMILES string of the molecule is CCOc1cc(C=NNC(=O)COc2ccc(C)c(C)c2)c(Br)c(Br)c1O. The van der Waals surface area contributed by atoms with Crippen LogP contribution in [0.4, 0.5) is 0 Å². The highest BCUT2D eigenvalue weighted by Gasteiger charge is 2.14. The maximum absolute atomic E-state index is 11.9. The molecule has 2 aromatic carbocycles. The summed E-state index contributed by atoms with van der Waals surface area (Å²) in [6.07, 6.45) is 1.45. The predicted molar refractivity (Wildman–Crippen MR) is 112 cm³/mol. The molecular weight excluding hydrogens is 480 g/mol. The molecule has 0 heterocycles. The van der Waals surface area contributed by atoms with E-state index in [-0.39, 0.29) is 18.3 Å². The number of aromatic hydroxyl groups is 1. The van der Waals surface area contributed by atoms with Crippen LogP contribution in [0.1, 0.15) is 23.6 Å². The van der Waals surface area contributed by atoms with Gasteiger partial charge in [0.2, 0.25) is 0 Å². The minimum absolute atomic E-state index is 0.00768. The highest BCUT2D eigenvalue weighted by molar-refractivity contribution is 9.13. The lowest BCUT2D eigenvalue weighted by atomic mass is 10.1. The molecule has 6 nitrogen and oxygen atoms in total. The number of hydrogen-bond donors (Lipinski definition) is 2. The van der Waals surface area contributed by atoms with Crippen molar-refractivity contribution in [2.45, 2.75) is 20.8 Å². The van der Waals surface area contributed by atoms with E-state index < -0.39 is 0 Å². The van der Waals surface area contributed by atoms with Gasteiger partial charge >= 0.3 is 0 Å².